The maximum atomic E-state index is 13.1. The Morgan fingerprint density at radius 1 is 1.05 bits per heavy atom. The minimum atomic E-state index is -3.87. The largest absolute Gasteiger partial charge is 0.497 e. The van der Waals surface area contributed by atoms with Crippen molar-refractivity contribution in [2.45, 2.75) is 11.8 Å². The summed E-state index contributed by atoms with van der Waals surface area (Å²) in [7, 11) is -0.961. The van der Waals surface area contributed by atoms with Crippen molar-refractivity contribution in [1.29, 1.82) is 0 Å². The van der Waals surface area contributed by atoms with Crippen LogP contribution >= 0.6 is 0 Å². The Bertz CT molecular complexity index is 790. The van der Waals surface area contributed by atoms with Crippen LogP contribution in [0.2, 0.25) is 0 Å². The molecule has 2 aromatic rings. The molecule has 0 bridgehead atoms. The molecule has 0 fully saturated rings. The van der Waals surface area contributed by atoms with Crippen LogP contribution in [-0.4, -0.2) is 22.6 Å². The van der Waals surface area contributed by atoms with Gasteiger partial charge in [-0.3, -0.25) is 4.72 Å². The fraction of sp³-hybridized carbons (Fsp3) is 0.200. The van der Waals surface area contributed by atoms with Crippen molar-refractivity contribution in [3.8, 4) is 11.5 Å². The third kappa shape index (κ3) is 3.30. The fourth-order valence-electron chi connectivity index (χ4n) is 2.01. The minimum Gasteiger partial charge on any atom is -0.497 e. The molecule has 2 aromatic carbocycles. The lowest BCUT2D eigenvalue weighted by Gasteiger charge is -2.14. The molecule has 0 radical (unpaired) electrons. The Morgan fingerprint density at radius 3 is 2.36 bits per heavy atom. The summed E-state index contributed by atoms with van der Waals surface area (Å²) in [5, 5.41) is 0. The van der Waals surface area contributed by atoms with E-state index < -0.39 is 15.8 Å². The average molecular weight is 325 g/mol. The van der Waals surface area contributed by atoms with E-state index in [2.05, 4.69) is 4.72 Å². The zero-order valence-corrected chi connectivity index (χ0v) is 13.2. The first-order valence-corrected chi connectivity index (χ1v) is 7.86. The second-order valence-corrected chi connectivity index (χ2v) is 6.23. The van der Waals surface area contributed by atoms with Gasteiger partial charge in [-0.2, -0.15) is 0 Å². The molecule has 5 nitrogen and oxygen atoms in total. The summed E-state index contributed by atoms with van der Waals surface area (Å²) in [6.07, 6.45) is 0. The van der Waals surface area contributed by atoms with E-state index in [0.29, 0.717) is 17.1 Å². The van der Waals surface area contributed by atoms with Crippen LogP contribution in [0.3, 0.4) is 0 Å². The van der Waals surface area contributed by atoms with E-state index in [1.54, 1.807) is 12.1 Å². The summed E-state index contributed by atoms with van der Waals surface area (Å²) in [5.74, 6) is 0.342. The van der Waals surface area contributed by atoms with Crippen LogP contribution in [0.4, 0.5) is 10.1 Å². The molecule has 0 atom stereocenters. The molecule has 0 saturated carbocycles. The Kier molecular flexibility index (Phi) is 4.56. The lowest BCUT2D eigenvalue weighted by molar-refractivity contribution is 0.405. The van der Waals surface area contributed by atoms with Crippen molar-refractivity contribution in [2.75, 3.05) is 18.9 Å². The number of rotatable bonds is 5. The molecular formula is C15H16FNO4S. The highest BCUT2D eigenvalue weighted by atomic mass is 32.2. The average Bonchev–Trinajstić information content (AvgIpc) is 2.46. The third-order valence-corrected chi connectivity index (χ3v) is 4.60. The topological polar surface area (TPSA) is 64.6 Å². The van der Waals surface area contributed by atoms with E-state index in [0.717, 1.165) is 12.1 Å². The predicted molar refractivity (Wildman–Crippen MR) is 81.5 cm³/mol. The van der Waals surface area contributed by atoms with E-state index >= 15 is 0 Å². The van der Waals surface area contributed by atoms with Gasteiger partial charge in [0, 0.05) is 6.07 Å². The first kappa shape index (κ1) is 16.1. The molecule has 0 aliphatic heterocycles. The molecule has 22 heavy (non-hydrogen) atoms. The molecular weight excluding hydrogens is 309 g/mol. The van der Waals surface area contributed by atoms with Crippen LogP contribution in [0, 0.1) is 12.7 Å². The first-order chi connectivity index (χ1) is 10.4. The van der Waals surface area contributed by atoms with Crippen LogP contribution in [0.5, 0.6) is 11.5 Å². The van der Waals surface area contributed by atoms with E-state index in [4.69, 9.17) is 9.47 Å². The Balaban J connectivity index is 2.44. The number of benzene rings is 2. The Morgan fingerprint density at radius 2 is 1.77 bits per heavy atom. The second-order valence-electron chi connectivity index (χ2n) is 4.58. The highest BCUT2D eigenvalue weighted by Gasteiger charge is 2.19. The lowest BCUT2D eigenvalue weighted by atomic mass is 10.2. The van der Waals surface area contributed by atoms with Gasteiger partial charge in [-0.05, 0) is 42.8 Å². The number of sulfonamides is 1. The van der Waals surface area contributed by atoms with E-state index in [-0.39, 0.29) is 10.6 Å². The predicted octanol–water partition coefficient (Wildman–Crippen LogP) is 2.95. The fourth-order valence-corrected chi connectivity index (χ4v) is 3.30. The molecule has 2 rings (SSSR count). The van der Waals surface area contributed by atoms with Gasteiger partial charge < -0.3 is 9.47 Å². The minimum absolute atomic E-state index is 0.00114. The molecule has 118 valence electrons. The van der Waals surface area contributed by atoms with Crippen molar-refractivity contribution in [2.24, 2.45) is 0 Å². The summed E-state index contributed by atoms with van der Waals surface area (Å²) in [5.41, 5.74) is 0.555. The maximum Gasteiger partial charge on any atom is 0.262 e. The second kappa shape index (κ2) is 6.23. The van der Waals surface area contributed by atoms with Gasteiger partial charge in [-0.25, -0.2) is 12.8 Å². The molecule has 0 saturated heterocycles. The lowest BCUT2D eigenvalue weighted by Crippen LogP contribution is -2.15. The van der Waals surface area contributed by atoms with Gasteiger partial charge in [0.25, 0.3) is 10.0 Å². The number of nitrogens with one attached hydrogen (secondary N) is 1. The van der Waals surface area contributed by atoms with Crippen molar-refractivity contribution >= 4 is 15.7 Å². The SMILES string of the molecule is COc1ccc(OC)c(NS(=O)(=O)c2ccc(F)cc2C)c1. The highest BCUT2D eigenvalue weighted by molar-refractivity contribution is 7.92. The van der Waals surface area contributed by atoms with Crippen LogP contribution in [0.15, 0.2) is 41.3 Å². The quantitative estimate of drug-likeness (QED) is 0.918. The molecule has 7 heteroatoms. The van der Waals surface area contributed by atoms with Crippen molar-refractivity contribution in [3.05, 3.63) is 47.8 Å². The summed E-state index contributed by atoms with van der Waals surface area (Å²) >= 11 is 0. The van der Waals surface area contributed by atoms with Gasteiger partial charge >= 0.3 is 0 Å². The maximum absolute atomic E-state index is 13.1. The van der Waals surface area contributed by atoms with Gasteiger partial charge in [-0.1, -0.05) is 0 Å². The summed E-state index contributed by atoms with van der Waals surface area (Å²) < 4.78 is 50.7. The molecule has 0 heterocycles. The molecule has 0 aliphatic carbocycles. The number of hydrogen-bond donors (Lipinski definition) is 1. The molecule has 0 aromatic heterocycles. The standard InChI is InChI=1S/C15H16FNO4S/c1-10-8-11(16)4-7-15(10)22(18,19)17-13-9-12(20-2)5-6-14(13)21-3/h4-9,17H,1-3H3. The number of anilines is 1. The highest BCUT2D eigenvalue weighted by Crippen LogP contribution is 2.31. The van der Waals surface area contributed by atoms with Crippen LogP contribution < -0.4 is 14.2 Å². The Hall–Kier alpha value is -2.28. The van der Waals surface area contributed by atoms with Gasteiger partial charge in [-0.15, -0.1) is 0 Å². The molecule has 0 spiro atoms. The molecule has 0 aliphatic rings. The van der Waals surface area contributed by atoms with E-state index in [9.17, 15) is 12.8 Å². The number of ether oxygens (including phenoxy) is 2. The van der Waals surface area contributed by atoms with Gasteiger partial charge in [0.15, 0.2) is 0 Å². The first-order valence-electron chi connectivity index (χ1n) is 6.38. The number of hydrogen-bond acceptors (Lipinski definition) is 4. The third-order valence-electron chi connectivity index (χ3n) is 3.08. The van der Waals surface area contributed by atoms with Crippen LogP contribution in [0.25, 0.3) is 0 Å². The number of methoxy groups -OCH3 is 2. The van der Waals surface area contributed by atoms with Gasteiger partial charge in [0.2, 0.25) is 0 Å². The monoisotopic (exact) mass is 325 g/mol. The zero-order chi connectivity index (χ0) is 16.3. The van der Waals surface area contributed by atoms with E-state index in [1.807, 2.05) is 0 Å². The van der Waals surface area contributed by atoms with Gasteiger partial charge in [0.05, 0.1) is 24.8 Å². The molecule has 0 amide bonds. The van der Waals surface area contributed by atoms with Crippen molar-refractivity contribution in [3.63, 3.8) is 0 Å². The normalized spacial score (nSPS) is 11.1. The van der Waals surface area contributed by atoms with Crippen LogP contribution in [-0.2, 0) is 10.0 Å². The summed E-state index contributed by atoms with van der Waals surface area (Å²) in [6.45, 7) is 1.53. The van der Waals surface area contributed by atoms with Crippen molar-refractivity contribution < 1.29 is 22.3 Å². The van der Waals surface area contributed by atoms with Crippen molar-refractivity contribution in [1.82, 2.24) is 0 Å². The summed E-state index contributed by atoms with van der Waals surface area (Å²) in [6, 6.07) is 8.24. The summed E-state index contributed by atoms with van der Waals surface area (Å²) in [4.78, 5) is -0.00114. The van der Waals surface area contributed by atoms with Gasteiger partial charge in [0.1, 0.15) is 17.3 Å². The molecule has 0 unspecified atom stereocenters. The Labute approximate surface area is 128 Å². The zero-order valence-electron chi connectivity index (χ0n) is 12.4. The van der Waals surface area contributed by atoms with Crippen LogP contribution in [0.1, 0.15) is 5.56 Å². The smallest absolute Gasteiger partial charge is 0.262 e. The van der Waals surface area contributed by atoms with E-state index in [1.165, 1.54) is 33.3 Å². The number of aryl methyl sites for hydroxylation is 1. The number of halogens is 1. The molecule has 1 N–H and O–H groups in total.